The minimum absolute atomic E-state index is 0.179. The van der Waals surface area contributed by atoms with Crippen LogP contribution in [0.3, 0.4) is 0 Å². The Morgan fingerprint density at radius 1 is 1.16 bits per heavy atom. The van der Waals surface area contributed by atoms with Crippen LogP contribution >= 0.6 is 0 Å². The number of pyridine rings is 1. The van der Waals surface area contributed by atoms with E-state index in [0.29, 0.717) is 22.6 Å². The topological polar surface area (TPSA) is 31.9 Å². The van der Waals surface area contributed by atoms with E-state index in [-0.39, 0.29) is 5.39 Å². The number of alkyl halides is 3. The second kappa shape index (κ2) is 5.73. The van der Waals surface area contributed by atoms with Crippen molar-refractivity contribution in [2.75, 3.05) is 20.1 Å². The van der Waals surface area contributed by atoms with Crippen molar-refractivity contribution in [1.82, 2.24) is 14.9 Å². The first-order chi connectivity index (χ1) is 11.8. The smallest absolute Gasteiger partial charge is 0.357 e. The number of hydrogen-bond acceptors (Lipinski definition) is 2. The highest BCUT2D eigenvalue weighted by atomic mass is 19.4. The SMILES string of the molecule is Cc1cc(C(F)(F)F)c2ccc3cc(C4CCN(C)CC4)nc3c2[nH]1. The molecule has 3 heterocycles. The van der Waals surface area contributed by atoms with E-state index in [4.69, 9.17) is 4.98 Å². The van der Waals surface area contributed by atoms with E-state index >= 15 is 0 Å². The van der Waals surface area contributed by atoms with E-state index in [1.807, 2.05) is 6.07 Å². The van der Waals surface area contributed by atoms with Crippen LogP contribution in [0, 0.1) is 6.92 Å². The number of fused-ring (bicyclic) bond motifs is 3. The Labute approximate surface area is 143 Å². The zero-order valence-electron chi connectivity index (χ0n) is 14.2. The first kappa shape index (κ1) is 16.4. The molecule has 6 heteroatoms. The molecule has 0 spiro atoms. The van der Waals surface area contributed by atoms with Gasteiger partial charge in [-0.1, -0.05) is 12.1 Å². The van der Waals surface area contributed by atoms with Crippen LogP contribution in [0.5, 0.6) is 0 Å². The monoisotopic (exact) mass is 347 g/mol. The Kier molecular flexibility index (Phi) is 3.76. The molecular weight excluding hydrogens is 327 g/mol. The molecule has 2 aromatic heterocycles. The molecular formula is C19H20F3N3. The molecule has 3 nitrogen and oxygen atoms in total. The number of likely N-dealkylation sites (tertiary alicyclic amines) is 1. The van der Waals surface area contributed by atoms with Crippen molar-refractivity contribution in [2.24, 2.45) is 0 Å². The molecule has 25 heavy (non-hydrogen) atoms. The summed E-state index contributed by atoms with van der Waals surface area (Å²) in [5, 5.41) is 1.08. The summed E-state index contributed by atoms with van der Waals surface area (Å²) in [6, 6.07) is 6.50. The highest BCUT2D eigenvalue weighted by Gasteiger charge is 2.33. The van der Waals surface area contributed by atoms with Crippen molar-refractivity contribution >= 4 is 21.8 Å². The molecule has 1 aliphatic rings. The van der Waals surface area contributed by atoms with E-state index in [1.54, 1.807) is 19.1 Å². The Hall–Kier alpha value is -2.08. The number of rotatable bonds is 1. The maximum atomic E-state index is 13.4. The van der Waals surface area contributed by atoms with Crippen LogP contribution in [0.4, 0.5) is 13.2 Å². The van der Waals surface area contributed by atoms with Crippen LogP contribution in [-0.2, 0) is 6.18 Å². The van der Waals surface area contributed by atoms with Crippen molar-refractivity contribution in [2.45, 2.75) is 31.9 Å². The number of aryl methyl sites for hydroxylation is 1. The molecule has 0 radical (unpaired) electrons. The van der Waals surface area contributed by atoms with Gasteiger partial charge < -0.3 is 9.88 Å². The van der Waals surface area contributed by atoms with Crippen molar-refractivity contribution in [3.05, 3.63) is 41.2 Å². The van der Waals surface area contributed by atoms with Gasteiger partial charge in [0.25, 0.3) is 0 Å². The minimum Gasteiger partial charge on any atom is -0.357 e. The zero-order chi connectivity index (χ0) is 17.8. The lowest BCUT2D eigenvalue weighted by Crippen LogP contribution is -2.29. The van der Waals surface area contributed by atoms with Gasteiger partial charge in [-0.2, -0.15) is 13.2 Å². The zero-order valence-corrected chi connectivity index (χ0v) is 14.2. The number of hydrogen-bond donors (Lipinski definition) is 1. The molecule has 1 fully saturated rings. The predicted octanol–water partition coefficient (Wildman–Crippen LogP) is 4.85. The maximum absolute atomic E-state index is 13.4. The van der Waals surface area contributed by atoms with Gasteiger partial charge in [-0.15, -0.1) is 0 Å². The van der Waals surface area contributed by atoms with Crippen molar-refractivity contribution < 1.29 is 13.2 Å². The highest BCUT2D eigenvalue weighted by molar-refractivity contribution is 6.04. The van der Waals surface area contributed by atoms with Crippen LogP contribution in [0.1, 0.15) is 35.7 Å². The second-order valence-electron chi connectivity index (χ2n) is 7.05. The molecule has 4 rings (SSSR count). The van der Waals surface area contributed by atoms with E-state index in [9.17, 15) is 13.2 Å². The summed E-state index contributed by atoms with van der Waals surface area (Å²) in [6.45, 7) is 3.70. The van der Waals surface area contributed by atoms with Crippen LogP contribution in [0.2, 0.25) is 0 Å². The largest absolute Gasteiger partial charge is 0.417 e. The van der Waals surface area contributed by atoms with Gasteiger partial charge in [-0.05, 0) is 52.0 Å². The first-order valence-corrected chi connectivity index (χ1v) is 8.51. The third-order valence-electron chi connectivity index (χ3n) is 5.17. The minimum atomic E-state index is -4.38. The number of piperidine rings is 1. The predicted molar refractivity (Wildman–Crippen MR) is 92.8 cm³/mol. The van der Waals surface area contributed by atoms with Gasteiger partial charge in [0, 0.05) is 28.1 Å². The summed E-state index contributed by atoms with van der Waals surface area (Å²) < 4.78 is 40.2. The van der Waals surface area contributed by atoms with Crippen LogP contribution < -0.4 is 0 Å². The third kappa shape index (κ3) is 2.88. The number of aromatic amines is 1. The molecule has 132 valence electrons. The number of aromatic nitrogens is 2. The molecule has 0 saturated carbocycles. The van der Waals surface area contributed by atoms with Crippen molar-refractivity contribution in [3.63, 3.8) is 0 Å². The molecule has 0 atom stereocenters. The van der Waals surface area contributed by atoms with Gasteiger partial charge >= 0.3 is 6.18 Å². The molecule has 1 aliphatic heterocycles. The molecule has 1 saturated heterocycles. The van der Waals surface area contributed by atoms with Crippen molar-refractivity contribution in [1.29, 1.82) is 0 Å². The molecule has 0 bridgehead atoms. The fraction of sp³-hybridized carbons (Fsp3) is 0.421. The van der Waals surface area contributed by atoms with Gasteiger partial charge in [0.2, 0.25) is 0 Å². The molecule has 3 aromatic rings. The summed E-state index contributed by atoms with van der Waals surface area (Å²) in [5.41, 5.74) is 1.99. The lowest BCUT2D eigenvalue weighted by atomic mass is 9.94. The standard InChI is InChI=1S/C19H20F3N3/c1-11-9-15(19(20,21)22)14-4-3-13-10-16(24-17(13)18(14)23-11)12-5-7-25(2)8-6-12/h3-4,9-10,12,23H,5-8H2,1-2H3. The number of benzene rings is 1. The van der Waals surface area contributed by atoms with E-state index in [1.165, 1.54) is 0 Å². The molecule has 0 aliphatic carbocycles. The van der Waals surface area contributed by atoms with E-state index in [2.05, 4.69) is 16.9 Å². The number of nitrogens with zero attached hydrogens (tertiary/aromatic N) is 2. The van der Waals surface area contributed by atoms with Crippen LogP contribution in [0.15, 0.2) is 24.3 Å². The van der Waals surface area contributed by atoms with Crippen LogP contribution in [-0.4, -0.2) is 35.0 Å². The summed E-state index contributed by atoms with van der Waals surface area (Å²) in [4.78, 5) is 10.1. The molecule has 0 amide bonds. The summed E-state index contributed by atoms with van der Waals surface area (Å²) >= 11 is 0. The average molecular weight is 347 g/mol. The van der Waals surface area contributed by atoms with Crippen LogP contribution in [0.25, 0.3) is 21.8 Å². The lowest BCUT2D eigenvalue weighted by molar-refractivity contribution is -0.136. The number of halogens is 3. The van der Waals surface area contributed by atoms with Gasteiger partial charge in [0.05, 0.1) is 16.6 Å². The Morgan fingerprint density at radius 2 is 1.88 bits per heavy atom. The quantitative estimate of drug-likeness (QED) is 0.682. The Morgan fingerprint density at radius 3 is 2.56 bits per heavy atom. The molecule has 1 aromatic carbocycles. The molecule has 0 unspecified atom stereocenters. The fourth-order valence-electron chi connectivity index (χ4n) is 3.79. The highest BCUT2D eigenvalue weighted by Crippen LogP contribution is 2.38. The van der Waals surface area contributed by atoms with E-state index < -0.39 is 11.7 Å². The third-order valence-corrected chi connectivity index (χ3v) is 5.17. The van der Waals surface area contributed by atoms with Gasteiger partial charge in [0.1, 0.15) is 0 Å². The normalized spacial score (nSPS) is 17.6. The molecule has 1 N–H and O–H groups in total. The number of nitrogens with one attached hydrogen (secondary N) is 1. The van der Waals surface area contributed by atoms with E-state index in [0.717, 1.165) is 43.1 Å². The summed E-state index contributed by atoms with van der Waals surface area (Å²) in [6.07, 6.45) is -2.31. The van der Waals surface area contributed by atoms with Crippen molar-refractivity contribution in [3.8, 4) is 0 Å². The van der Waals surface area contributed by atoms with Gasteiger partial charge in [0.15, 0.2) is 0 Å². The maximum Gasteiger partial charge on any atom is 0.417 e. The number of H-pyrrole nitrogens is 1. The summed E-state index contributed by atoms with van der Waals surface area (Å²) in [5.74, 6) is 0.380. The Bertz CT molecular complexity index is 934. The summed E-state index contributed by atoms with van der Waals surface area (Å²) in [7, 11) is 2.11. The second-order valence-corrected chi connectivity index (χ2v) is 7.05. The Balaban J connectivity index is 1.88. The average Bonchev–Trinajstić information content (AvgIpc) is 2.98. The fourth-order valence-corrected chi connectivity index (χ4v) is 3.79. The van der Waals surface area contributed by atoms with Gasteiger partial charge in [-0.25, -0.2) is 0 Å². The lowest BCUT2D eigenvalue weighted by Gasteiger charge is -2.27. The first-order valence-electron chi connectivity index (χ1n) is 8.51. The van der Waals surface area contributed by atoms with Gasteiger partial charge in [-0.3, -0.25) is 4.98 Å².